The molecule has 2 aromatic carbocycles. The van der Waals surface area contributed by atoms with E-state index in [1.165, 1.54) is 0 Å². The molecule has 0 saturated heterocycles. The largest absolute Gasteiger partial charge is 0.492 e. The predicted octanol–water partition coefficient (Wildman–Crippen LogP) is 4.59. The van der Waals surface area contributed by atoms with Gasteiger partial charge in [0.1, 0.15) is 12.4 Å². The average molecular weight is 327 g/mol. The van der Waals surface area contributed by atoms with E-state index in [1.54, 1.807) is 0 Å². The highest BCUT2D eigenvalue weighted by molar-refractivity contribution is 9.10. The summed E-state index contributed by atoms with van der Waals surface area (Å²) in [5.41, 5.74) is 0.928. The van der Waals surface area contributed by atoms with Gasteiger partial charge in [0.25, 0.3) is 0 Å². The van der Waals surface area contributed by atoms with E-state index in [0.29, 0.717) is 13.2 Å². The standard InChI is InChI=1S/C14H13BrClNO/c15-11-4-3-5-12(10-11)18-9-8-17-14-7-2-1-6-13(14)16/h1-7,10,17H,8-9H2. The maximum absolute atomic E-state index is 6.03. The van der Waals surface area contributed by atoms with E-state index in [1.807, 2.05) is 48.5 Å². The van der Waals surface area contributed by atoms with Gasteiger partial charge < -0.3 is 10.1 Å². The fourth-order valence-corrected chi connectivity index (χ4v) is 2.10. The Morgan fingerprint density at radius 2 is 1.94 bits per heavy atom. The first kappa shape index (κ1) is 13.2. The van der Waals surface area contributed by atoms with Crippen molar-refractivity contribution >= 4 is 33.2 Å². The summed E-state index contributed by atoms with van der Waals surface area (Å²) in [5, 5.41) is 3.95. The second-order valence-corrected chi connectivity index (χ2v) is 5.04. The number of nitrogens with one attached hydrogen (secondary N) is 1. The van der Waals surface area contributed by atoms with Crippen LogP contribution in [0.2, 0.25) is 5.02 Å². The highest BCUT2D eigenvalue weighted by Crippen LogP contribution is 2.20. The summed E-state index contributed by atoms with van der Waals surface area (Å²) in [7, 11) is 0. The molecule has 0 amide bonds. The second-order valence-electron chi connectivity index (χ2n) is 3.71. The van der Waals surface area contributed by atoms with E-state index in [2.05, 4.69) is 21.2 Å². The van der Waals surface area contributed by atoms with Crippen molar-refractivity contribution in [3.63, 3.8) is 0 Å². The van der Waals surface area contributed by atoms with Crippen LogP contribution in [-0.4, -0.2) is 13.2 Å². The summed E-state index contributed by atoms with van der Waals surface area (Å²) in [6.45, 7) is 1.29. The smallest absolute Gasteiger partial charge is 0.120 e. The van der Waals surface area contributed by atoms with Crippen molar-refractivity contribution in [2.75, 3.05) is 18.5 Å². The summed E-state index contributed by atoms with van der Waals surface area (Å²) in [6.07, 6.45) is 0. The lowest BCUT2D eigenvalue weighted by Crippen LogP contribution is -2.11. The highest BCUT2D eigenvalue weighted by atomic mass is 79.9. The van der Waals surface area contributed by atoms with E-state index in [9.17, 15) is 0 Å². The molecule has 94 valence electrons. The van der Waals surface area contributed by atoms with Crippen molar-refractivity contribution < 1.29 is 4.74 Å². The first-order valence-corrected chi connectivity index (χ1v) is 6.79. The number of para-hydroxylation sites is 1. The van der Waals surface area contributed by atoms with Gasteiger partial charge in [-0.05, 0) is 30.3 Å². The minimum Gasteiger partial charge on any atom is -0.492 e. The van der Waals surface area contributed by atoms with Crippen molar-refractivity contribution in [1.29, 1.82) is 0 Å². The Morgan fingerprint density at radius 1 is 1.11 bits per heavy atom. The average Bonchev–Trinajstić information content (AvgIpc) is 2.37. The van der Waals surface area contributed by atoms with E-state index in [-0.39, 0.29) is 0 Å². The zero-order chi connectivity index (χ0) is 12.8. The molecule has 2 nitrogen and oxygen atoms in total. The fraction of sp³-hybridized carbons (Fsp3) is 0.143. The van der Waals surface area contributed by atoms with Crippen LogP contribution in [0.4, 0.5) is 5.69 Å². The maximum Gasteiger partial charge on any atom is 0.120 e. The monoisotopic (exact) mass is 325 g/mol. The molecule has 0 spiro atoms. The molecule has 0 aliphatic carbocycles. The fourth-order valence-electron chi connectivity index (χ4n) is 1.52. The third-order valence-corrected chi connectivity index (χ3v) is 3.18. The van der Waals surface area contributed by atoms with E-state index >= 15 is 0 Å². The normalized spacial score (nSPS) is 10.1. The molecule has 0 aliphatic rings. The van der Waals surface area contributed by atoms with E-state index < -0.39 is 0 Å². The molecule has 4 heteroatoms. The topological polar surface area (TPSA) is 21.3 Å². The zero-order valence-corrected chi connectivity index (χ0v) is 12.0. The lowest BCUT2D eigenvalue weighted by Gasteiger charge is -2.09. The van der Waals surface area contributed by atoms with Crippen molar-refractivity contribution in [2.45, 2.75) is 0 Å². The Balaban J connectivity index is 1.78. The minimum atomic E-state index is 0.585. The van der Waals surface area contributed by atoms with Crippen molar-refractivity contribution in [3.05, 3.63) is 58.0 Å². The van der Waals surface area contributed by atoms with Gasteiger partial charge in [0.05, 0.1) is 10.7 Å². The number of benzene rings is 2. The lowest BCUT2D eigenvalue weighted by molar-refractivity contribution is 0.332. The van der Waals surface area contributed by atoms with Crippen LogP contribution in [0.15, 0.2) is 53.0 Å². The Kier molecular flexibility index (Phi) is 4.90. The molecule has 0 unspecified atom stereocenters. The number of halogens is 2. The van der Waals surface area contributed by atoms with Crippen molar-refractivity contribution in [3.8, 4) is 5.75 Å². The quantitative estimate of drug-likeness (QED) is 0.811. The first-order chi connectivity index (χ1) is 8.75. The molecule has 2 rings (SSSR count). The number of rotatable bonds is 5. The molecule has 0 bridgehead atoms. The SMILES string of the molecule is Clc1ccccc1NCCOc1cccc(Br)c1. The van der Waals surface area contributed by atoms with Crippen LogP contribution < -0.4 is 10.1 Å². The maximum atomic E-state index is 6.03. The van der Waals surface area contributed by atoms with Gasteiger partial charge >= 0.3 is 0 Å². The first-order valence-electron chi connectivity index (χ1n) is 5.62. The van der Waals surface area contributed by atoms with Gasteiger partial charge in [0.15, 0.2) is 0 Å². The number of ether oxygens (including phenoxy) is 1. The van der Waals surface area contributed by atoms with Gasteiger partial charge in [0, 0.05) is 11.0 Å². The predicted molar refractivity (Wildman–Crippen MR) is 79.6 cm³/mol. The zero-order valence-electron chi connectivity index (χ0n) is 9.70. The van der Waals surface area contributed by atoms with Crippen LogP contribution >= 0.6 is 27.5 Å². The molecule has 0 aromatic heterocycles. The Labute approximate surface area is 120 Å². The highest BCUT2D eigenvalue weighted by Gasteiger charge is 1.98. The van der Waals surface area contributed by atoms with Crippen molar-refractivity contribution in [1.82, 2.24) is 0 Å². The summed E-state index contributed by atoms with van der Waals surface area (Å²) in [6, 6.07) is 15.4. The Bertz CT molecular complexity index is 519. The lowest BCUT2D eigenvalue weighted by atomic mass is 10.3. The molecule has 0 saturated carbocycles. The minimum absolute atomic E-state index is 0.585. The number of hydrogen-bond donors (Lipinski definition) is 1. The molecule has 18 heavy (non-hydrogen) atoms. The molecule has 2 aromatic rings. The van der Waals surface area contributed by atoms with Crippen molar-refractivity contribution in [2.24, 2.45) is 0 Å². The third kappa shape index (κ3) is 3.93. The van der Waals surface area contributed by atoms with Gasteiger partial charge in [0.2, 0.25) is 0 Å². The summed E-state index contributed by atoms with van der Waals surface area (Å²) in [5.74, 6) is 0.852. The summed E-state index contributed by atoms with van der Waals surface area (Å²) >= 11 is 9.44. The number of anilines is 1. The van der Waals surface area contributed by atoms with Gasteiger partial charge in [-0.1, -0.05) is 45.7 Å². The molecule has 0 aliphatic heterocycles. The molecule has 0 heterocycles. The van der Waals surface area contributed by atoms with E-state index in [0.717, 1.165) is 20.9 Å². The van der Waals surface area contributed by atoms with Gasteiger partial charge in [-0.25, -0.2) is 0 Å². The van der Waals surface area contributed by atoms with Crippen LogP contribution in [0.5, 0.6) is 5.75 Å². The van der Waals surface area contributed by atoms with Gasteiger partial charge in [-0.2, -0.15) is 0 Å². The Morgan fingerprint density at radius 3 is 2.72 bits per heavy atom. The van der Waals surface area contributed by atoms with Gasteiger partial charge in [-0.15, -0.1) is 0 Å². The molecule has 0 radical (unpaired) electrons. The van der Waals surface area contributed by atoms with E-state index in [4.69, 9.17) is 16.3 Å². The Hall–Kier alpha value is -1.19. The second kappa shape index (κ2) is 6.66. The third-order valence-electron chi connectivity index (χ3n) is 2.36. The van der Waals surface area contributed by atoms with Crippen LogP contribution in [0.25, 0.3) is 0 Å². The summed E-state index contributed by atoms with van der Waals surface area (Å²) in [4.78, 5) is 0. The molecule has 0 atom stereocenters. The summed E-state index contributed by atoms with van der Waals surface area (Å²) < 4.78 is 6.63. The molecule has 1 N–H and O–H groups in total. The van der Waals surface area contributed by atoms with Crippen LogP contribution in [0, 0.1) is 0 Å². The van der Waals surface area contributed by atoms with Crippen LogP contribution in [0.3, 0.4) is 0 Å². The molecular formula is C14H13BrClNO. The van der Waals surface area contributed by atoms with Crippen LogP contribution in [0.1, 0.15) is 0 Å². The van der Waals surface area contributed by atoms with Crippen LogP contribution in [-0.2, 0) is 0 Å². The molecular weight excluding hydrogens is 314 g/mol. The molecule has 0 fully saturated rings. The number of hydrogen-bond acceptors (Lipinski definition) is 2. The van der Waals surface area contributed by atoms with Gasteiger partial charge in [-0.3, -0.25) is 0 Å².